The van der Waals surface area contributed by atoms with Crippen molar-refractivity contribution < 1.29 is 41.4 Å². The predicted octanol–water partition coefficient (Wildman–Crippen LogP) is 2.81. The van der Waals surface area contributed by atoms with E-state index >= 15 is 0 Å². The van der Waals surface area contributed by atoms with Crippen molar-refractivity contribution in [3.63, 3.8) is 0 Å². The minimum absolute atomic E-state index is 0. The fourth-order valence-corrected chi connectivity index (χ4v) is 24.0. The summed E-state index contributed by atoms with van der Waals surface area (Å²) >= 11 is -2.50. The molecule has 0 spiro atoms. The summed E-state index contributed by atoms with van der Waals surface area (Å²) < 4.78 is 3.49. The molecule has 0 unspecified atom stereocenters. The van der Waals surface area contributed by atoms with E-state index in [1.54, 1.807) is 40.4 Å². The van der Waals surface area contributed by atoms with Crippen molar-refractivity contribution in [2.45, 2.75) is 65.2 Å². The van der Waals surface area contributed by atoms with Gasteiger partial charge in [0.25, 0.3) is 0 Å². The molecule has 6 aromatic carbocycles. The van der Waals surface area contributed by atoms with Crippen molar-refractivity contribution >= 4 is 24.3 Å². The molecule has 2 aliphatic rings. The Morgan fingerprint density at radius 2 is 0.780 bits per heavy atom. The van der Waals surface area contributed by atoms with Crippen LogP contribution in [0.4, 0.5) is 0 Å². The maximum Gasteiger partial charge on any atom is -1.00 e. The first-order valence-corrected chi connectivity index (χ1v) is 22.9. The summed E-state index contributed by atoms with van der Waals surface area (Å²) in [4.78, 5) is 0. The first-order chi connectivity index (χ1) is 23.1. The summed E-state index contributed by atoms with van der Waals surface area (Å²) in [5.74, 6) is 0. The molecule has 0 aromatic heterocycles. The second-order valence-corrected chi connectivity index (χ2v) is 24.7. The minimum Gasteiger partial charge on any atom is -1.00 e. The third-order valence-corrected chi connectivity index (χ3v) is 23.2. The molecule has 0 N–H and O–H groups in total. The van der Waals surface area contributed by atoms with Crippen LogP contribution >= 0.6 is 0 Å². The number of hydrogen-bond donors (Lipinski definition) is 0. The summed E-state index contributed by atoms with van der Waals surface area (Å²) in [6, 6.07) is 51.7. The van der Waals surface area contributed by atoms with Crippen LogP contribution in [0.1, 0.15) is 74.9 Å². The second-order valence-electron chi connectivity index (χ2n) is 15.7. The molecule has 4 heteroatoms. The van der Waals surface area contributed by atoms with Crippen LogP contribution in [0.15, 0.2) is 133 Å². The Balaban J connectivity index is 0.00000216. The average molecular weight is 744 g/mol. The SMILES string of the molecule is CC(C)(C)c1ccc2c([c]1[Ti+2]([c]1c(C(C)(C)C)ccc3c1Cc1ccccc1-3)=[Si](c1ccccc1)c1ccccc1)Cc1ccccc1-2.[Cl-].[Cl-]. The van der Waals surface area contributed by atoms with Crippen molar-refractivity contribution in [1.29, 1.82) is 0 Å². The molecule has 0 bridgehead atoms. The minimum atomic E-state index is -2.50. The van der Waals surface area contributed by atoms with Crippen molar-refractivity contribution in [1.82, 2.24) is 0 Å². The summed E-state index contributed by atoms with van der Waals surface area (Å²) in [5.41, 5.74) is 15.1. The van der Waals surface area contributed by atoms with Gasteiger partial charge in [0.15, 0.2) is 0 Å². The normalized spacial score (nSPS) is 12.3. The number of fused-ring (bicyclic) bond motifs is 6. The average Bonchev–Trinajstić information content (AvgIpc) is 3.65. The van der Waals surface area contributed by atoms with Crippen LogP contribution in [0.5, 0.6) is 0 Å². The third-order valence-electron chi connectivity index (χ3n) is 10.5. The third kappa shape index (κ3) is 6.31. The number of halogens is 2. The molecule has 0 saturated heterocycles. The molecule has 0 nitrogen and oxygen atoms in total. The van der Waals surface area contributed by atoms with Gasteiger partial charge in [-0.05, 0) is 0 Å². The van der Waals surface area contributed by atoms with Crippen molar-refractivity contribution in [2.75, 3.05) is 0 Å². The van der Waals surface area contributed by atoms with Gasteiger partial charge in [-0.25, -0.2) is 0 Å². The van der Waals surface area contributed by atoms with E-state index in [-0.39, 0.29) is 35.6 Å². The van der Waals surface area contributed by atoms with E-state index < -0.39 is 22.8 Å². The summed E-state index contributed by atoms with van der Waals surface area (Å²) in [6.07, 6.45) is 0.802. The van der Waals surface area contributed by atoms with Gasteiger partial charge in [-0.1, -0.05) is 0 Å². The molecule has 0 aliphatic heterocycles. The molecule has 0 radical (unpaired) electrons. The smallest absolute Gasteiger partial charge is 1.00 e. The Morgan fingerprint density at radius 1 is 0.420 bits per heavy atom. The summed E-state index contributed by atoms with van der Waals surface area (Å²) in [5, 5.41) is 3.09. The van der Waals surface area contributed by atoms with Gasteiger partial charge in [-0.2, -0.15) is 0 Å². The van der Waals surface area contributed by atoms with Gasteiger partial charge in [0, 0.05) is 0 Å². The van der Waals surface area contributed by atoms with Crippen LogP contribution in [0, 0.1) is 0 Å². The van der Waals surface area contributed by atoms with Gasteiger partial charge in [0.1, 0.15) is 0 Å². The Labute approximate surface area is 317 Å². The van der Waals surface area contributed by atoms with Crippen molar-refractivity contribution in [2.24, 2.45) is 0 Å². The standard InChI is InChI=1S/2C17H17.C12H10Si.2ClH.Ti/c2*1-17(2,3)14-8-9-16-13(11-14)10-12-6-4-5-7-15(12)16;1-3-7-11(8-4-1)13-12-9-5-2-6-10-12;;;/h2*4-9H,10H2,1-3H3;1-10H;2*1H;/q;;;;;+2/p-2. The number of hydrogen-bond acceptors (Lipinski definition) is 0. The maximum atomic E-state index is 2.54. The van der Waals surface area contributed by atoms with Gasteiger partial charge >= 0.3 is 295 Å². The molecule has 0 saturated carbocycles. The Hall–Kier alpha value is -3.17. The monoisotopic (exact) mass is 742 g/mol. The molecule has 0 atom stereocenters. The summed E-state index contributed by atoms with van der Waals surface area (Å²) in [6.45, 7) is 14.7. The van der Waals surface area contributed by atoms with E-state index in [2.05, 4.69) is 175 Å². The quantitative estimate of drug-likeness (QED) is 0.244. The molecular weight excluding hydrogens is 699 g/mol. The van der Waals surface area contributed by atoms with Gasteiger partial charge in [-0.15, -0.1) is 0 Å². The van der Waals surface area contributed by atoms with Crippen molar-refractivity contribution in [3.05, 3.63) is 167 Å². The van der Waals surface area contributed by atoms with E-state index in [4.69, 9.17) is 0 Å². The van der Waals surface area contributed by atoms with Crippen LogP contribution in [-0.4, -0.2) is 6.19 Å². The molecule has 0 heterocycles. The van der Waals surface area contributed by atoms with E-state index in [1.807, 2.05) is 0 Å². The van der Waals surface area contributed by atoms with Crippen LogP contribution in [0.25, 0.3) is 22.3 Å². The van der Waals surface area contributed by atoms with Crippen LogP contribution < -0.4 is 42.9 Å². The Kier molecular flexibility index (Phi) is 10.3. The molecule has 250 valence electrons. The molecule has 0 amide bonds. The number of rotatable bonds is 4. The van der Waals surface area contributed by atoms with Crippen LogP contribution in [0.3, 0.4) is 0 Å². The van der Waals surface area contributed by atoms with E-state index in [0.717, 1.165) is 12.8 Å². The van der Waals surface area contributed by atoms with Gasteiger partial charge in [-0.3, -0.25) is 0 Å². The Bertz CT molecular complexity index is 2080. The van der Waals surface area contributed by atoms with Crippen LogP contribution in [0.2, 0.25) is 0 Å². The van der Waals surface area contributed by atoms with E-state index in [1.165, 1.54) is 33.4 Å². The first kappa shape index (κ1) is 36.6. The van der Waals surface area contributed by atoms with Crippen molar-refractivity contribution in [3.8, 4) is 22.3 Å². The van der Waals surface area contributed by atoms with Crippen LogP contribution in [-0.2, 0) is 40.3 Å². The zero-order chi connectivity index (χ0) is 33.2. The van der Waals surface area contributed by atoms with Gasteiger partial charge < -0.3 is 24.8 Å². The van der Waals surface area contributed by atoms with Gasteiger partial charge in [0.2, 0.25) is 0 Å². The molecule has 50 heavy (non-hydrogen) atoms. The topological polar surface area (TPSA) is 0 Å². The van der Waals surface area contributed by atoms with E-state index in [9.17, 15) is 0 Å². The molecule has 0 fully saturated rings. The second kappa shape index (κ2) is 14.1. The predicted molar refractivity (Wildman–Crippen MR) is 204 cm³/mol. The molecule has 6 aromatic rings. The van der Waals surface area contributed by atoms with E-state index in [0.29, 0.717) is 0 Å². The summed E-state index contributed by atoms with van der Waals surface area (Å²) in [7, 11) is 0. The fourth-order valence-electron chi connectivity index (χ4n) is 8.28. The maximum absolute atomic E-state index is 2.54. The zero-order valence-corrected chi connectivity index (χ0v) is 33.9. The molecule has 8 rings (SSSR count). The molecular formula is C46H44Cl2SiTi. The fraction of sp³-hybridized carbons (Fsp3) is 0.217. The zero-order valence-electron chi connectivity index (χ0n) is 29.9. The first-order valence-electron chi connectivity index (χ1n) is 17.5. The molecule has 2 aliphatic carbocycles. The Morgan fingerprint density at radius 3 is 1.16 bits per heavy atom. The number of benzene rings is 6. The van der Waals surface area contributed by atoms with Gasteiger partial charge in [0.05, 0.1) is 0 Å². The largest absolute Gasteiger partial charge is 1.00 e.